The molecule has 1 aliphatic rings. The van der Waals surface area contributed by atoms with E-state index < -0.39 is 58.9 Å². The summed E-state index contributed by atoms with van der Waals surface area (Å²) in [6, 6.07) is 4.27. The van der Waals surface area contributed by atoms with Gasteiger partial charge in [0.15, 0.2) is 17.2 Å². The highest BCUT2D eigenvalue weighted by atomic mass is 19.4. The SMILES string of the molecule is CCC1C(c2ccc(F)c(F)c2OC)C(C(=O)Nc2ccnc(C(N)=O)c2)OC1(C)C(F)(F)F. The number of hydrogen-bond donors (Lipinski definition) is 2. The third-order valence-electron chi connectivity index (χ3n) is 6.02. The quantitative estimate of drug-likeness (QED) is 0.601. The van der Waals surface area contributed by atoms with Gasteiger partial charge in [0, 0.05) is 29.3 Å². The first-order valence-electron chi connectivity index (χ1n) is 10.2. The molecule has 184 valence electrons. The molecule has 12 heteroatoms. The van der Waals surface area contributed by atoms with E-state index in [1.807, 2.05) is 0 Å². The molecule has 0 saturated carbocycles. The molecule has 3 rings (SSSR count). The molecule has 0 aliphatic carbocycles. The Kier molecular flexibility index (Phi) is 6.83. The van der Waals surface area contributed by atoms with E-state index in [1.165, 1.54) is 19.2 Å². The number of rotatable bonds is 6. The number of nitrogens with zero attached hydrogens (tertiary/aromatic N) is 1. The lowest BCUT2D eigenvalue weighted by Crippen LogP contribution is -2.48. The van der Waals surface area contributed by atoms with Crippen molar-refractivity contribution in [1.82, 2.24) is 4.98 Å². The predicted octanol–water partition coefficient (Wildman–Crippen LogP) is 3.94. The molecule has 1 fully saturated rings. The van der Waals surface area contributed by atoms with Gasteiger partial charge in [0.2, 0.25) is 5.82 Å². The zero-order valence-electron chi connectivity index (χ0n) is 18.4. The maximum Gasteiger partial charge on any atom is 0.417 e. The molecule has 2 aromatic rings. The maximum atomic E-state index is 14.5. The highest BCUT2D eigenvalue weighted by Gasteiger charge is 2.66. The lowest BCUT2D eigenvalue weighted by atomic mass is 9.74. The fourth-order valence-corrected chi connectivity index (χ4v) is 4.37. The Morgan fingerprint density at radius 3 is 2.50 bits per heavy atom. The van der Waals surface area contributed by atoms with Crippen molar-refractivity contribution in [2.45, 2.75) is 44.1 Å². The van der Waals surface area contributed by atoms with Crippen molar-refractivity contribution in [3.05, 3.63) is 53.4 Å². The van der Waals surface area contributed by atoms with Crippen LogP contribution in [0.25, 0.3) is 0 Å². The zero-order valence-corrected chi connectivity index (χ0v) is 18.4. The lowest BCUT2D eigenvalue weighted by Gasteiger charge is -2.33. The van der Waals surface area contributed by atoms with Crippen molar-refractivity contribution in [2.75, 3.05) is 12.4 Å². The maximum absolute atomic E-state index is 14.5. The van der Waals surface area contributed by atoms with E-state index in [9.17, 15) is 31.5 Å². The molecule has 0 radical (unpaired) electrons. The number of halogens is 5. The molecule has 1 saturated heterocycles. The summed E-state index contributed by atoms with van der Waals surface area (Å²) in [6.07, 6.45) is -5.58. The molecular weight excluding hydrogens is 465 g/mol. The summed E-state index contributed by atoms with van der Waals surface area (Å²) in [5, 5.41) is 2.39. The fourth-order valence-electron chi connectivity index (χ4n) is 4.37. The van der Waals surface area contributed by atoms with Crippen molar-refractivity contribution in [1.29, 1.82) is 0 Å². The summed E-state index contributed by atoms with van der Waals surface area (Å²) in [5.74, 6) is -7.84. The van der Waals surface area contributed by atoms with Crippen LogP contribution in [0.4, 0.5) is 27.6 Å². The molecule has 2 amide bonds. The number of amides is 2. The number of nitrogens with one attached hydrogen (secondary N) is 1. The minimum atomic E-state index is -4.89. The second-order valence-corrected chi connectivity index (χ2v) is 7.95. The number of nitrogens with two attached hydrogens (primary N) is 1. The molecule has 4 atom stereocenters. The minimum Gasteiger partial charge on any atom is -0.493 e. The number of pyridine rings is 1. The van der Waals surface area contributed by atoms with E-state index >= 15 is 0 Å². The third kappa shape index (κ3) is 4.29. The monoisotopic (exact) mass is 487 g/mol. The highest BCUT2D eigenvalue weighted by molar-refractivity contribution is 5.97. The van der Waals surface area contributed by atoms with E-state index in [4.69, 9.17) is 15.2 Å². The average Bonchev–Trinajstić information content (AvgIpc) is 3.09. The van der Waals surface area contributed by atoms with Crippen molar-refractivity contribution in [2.24, 2.45) is 11.7 Å². The largest absolute Gasteiger partial charge is 0.493 e. The number of hydrogen-bond acceptors (Lipinski definition) is 5. The Morgan fingerprint density at radius 2 is 1.94 bits per heavy atom. The topological polar surface area (TPSA) is 104 Å². The summed E-state index contributed by atoms with van der Waals surface area (Å²) in [5.41, 5.74) is 2.09. The second kappa shape index (κ2) is 9.16. The Bertz CT molecular complexity index is 1110. The molecule has 1 aromatic heterocycles. The first kappa shape index (κ1) is 25.3. The van der Waals surface area contributed by atoms with Gasteiger partial charge in [-0.2, -0.15) is 17.6 Å². The van der Waals surface area contributed by atoms with Crippen molar-refractivity contribution in [3.8, 4) is 5.75 Å². The first-order valence-corrected chi connectivity index (χ1v) is 10.2. The predicted molar refractivity (Wildman–Crippen MR) is 110 cm³/mol. The number of aromatic nitrogens is 1. The van der Waals surface area contributed by atoms with Crippen molar-refractivity contribution in [3.63, 3.8) is 0 Å². The zero-order chi connectivity index (χ0) is 25.4. The van der Waals surface area contributed by atoms with Crippen LogP contribution in [-0.4, -0.2) is 41.8 Å². The Labute approximate surface area is 191 Å². The standard InChI is InChI=1S/C22H22F5N3O4/c1-4-12-15(11-5-6-13(23)16(24)17(11)33-3)18(34-21(12,2)22(25,26)27)20(32)30-10-7-8-29-14(9-10)19(28)31/h5-9,12,15,18H,4H2,1-3H3,(H2,28,31)(H,29,30,32). The van der Waals surface area contributed by atoms with Gasteiger partial charge in [-0.15, -0.1) is 0 Å². The molecule has 4 unspecified atom stereocenters. The van der Waals surface area contributed by atoms with E-state index in [2.05, 4.69) is 10.3 Å². The number of carbonyl (C=O) groups is 2. The van der Waals surface area contributed by atoms with Gasteiger partial charge in [-0.1, -0.05) is 13.0 Å². The summed E-state index contributed by atoms with van der Waals surface area (Å²) in [7, 11) is 1.04. The van der Waals surface area contributed by atoms with E-state index in [0.29, 0.717) is 0 Å². The Balaban J connectivity index is 2.11. The van der Waals surface area contributed by atoms with Gasteiger partial charge < -0.3 is 20.5 Å². The number of alkyl halides is 3. The minimum absolute atomic E-state index is 0.0297. The van der Waals surface area contributed by atoms with Gasteiger partial charge in [-0.3, -0.25) is 14.6 Å². The van der Waals surface area contributed by atoms with E-state index in [0.717, 1.165) is 32.2 Å². The molecule has 1 aliphatic heterocycles. The number of methoxy groups -OCH3 is 1. The number of carbonyl (C=O) groups excluding carboxylic acids is 2. The molecule has 0 bridgehead atoms. The smallest absolute Gasteiger partial charge is 0.417 e. The van der Waals surface area contributed by atoms with Gasteiger partial charge in [0.05, 0.1) is 7.11 Å². The normalized spacial score (nSPS) is 24.6. The van der Waals surface area contributed by atoms with Crippen molar-refractivity contribution >= 4 is 17.5 Å². The molecule has 1 aromatic carbocycles. The molecule has 0 spiro atoms. The molecule has 2 heterocycles. The summed E-state index contributed by atoms with van der Waals surface area (Å²) < 4.78 is 80.9. The highest BCUT2D eigenvalue weighted by Crippen LogP contribution is 2.56. The number of anilines is 1. The third-order valence-corrected chi connectivity index (χ3v) is 6.02. The Morgan fingerprint density at radius 1 is 1.26 bits per heavy atom. The first-order chi connectivity index (χ1) is 15.9. The number of ether oxygens (including phenoxy) is 2. The molecule has 34 heavy (non-hydrogen) atoms. The van der Waals surface area contributed by atoms with Gasteiger partial charge in [0.1, 0.15) is 11.8 Å². The van der Waals surface area contributed by atoms with Crippen LogP contribution in [0.15, 0.2) is 30.5 Å². The summed E-state index contributed by atoms with van der Waals surface area (Å²) >= 11 is 0. The van der Waals surface area contributed by atoms with Gasteiger partial charge >= 0.3 is 6.18 Å². The van der Waals surface area contributed by atoms with Crippen LogP contribution in [-0.2, 0) is 9.53 Å². The van der Waals surface area contributed by atoms with Gasteiger partial charge in [-0.05, 0) is 31.5 Å². The average molecular weight is 487 g/mol. The van der Waals surface area contributed by atoms with Crippen LogP contribution in [0.2, 0.25) is 0 Å². The number of primary amides is 1. The molecular formula is C22H22F5N3O4. The molecule has 7 nitrogen and oxygen atoms in total. The fraction of sp³-hybridized carbons (Fsp3) is 0.409. The van der Waals surface area contributed by atoms with Crippen LogP contribution >= 0.6 is 0 Å². The number of benzene rings is 1. The van der Waals surface area contributed by atoms with Crippen LogP contribution < -0.4 is 15.8 Å². The summed E-state index contributed by atoms with van der Waals surface area (Å²) in [4.78, 5) is 28.2. The van der Waals surface area contributed by atoms with E-state index in [-0.39, 0.29) is 23.4 Å². The van der Waals surface area contributed by atoms with Crippen LogP contribution in [0.5, 0.6) is 5.75 Å². The van der Waals surface area contributed by atoms with Crippen molar-refractivity contribution < 1.29 is 41.0 Å². The summed E-state index contributed by atoms with van der Waals surface area (Å²) in [6.45, 7) is 2.28. The van der Waals surface area contributed by atoms with E-state index in [1.54, 1.807) is 0 Å². The van der Waals surface area contributed by atoms with Gasteiger partial charge in [0.25, 0.3) is 11.8 Å². The Hall–Kier alpha value is -3.28. The lowest BCUT2D eigenvalue weighted by molar-refractivity contribution is -0.274. The van der Waals surface area contributed by atoms with Crippen LogP contribution in [0, 0.1) is 17.6 Å². The second-order valence-electron chi connectivity index (χ2n) is 7.95. The molecule has 3 N–H and O–H groups in total. The van der Waals surface area contributed by atoms with Gasteiger partial charge in [-0.25, -0.2) is 4.39 Å². The van der Waals surface area contributed by atoms with Crippen LogP contribution in [0.1, 0.15) is 42.2 Å². The van der Waals surface area contributed by atoms with Crippen LogP contribution in [0.3, 0.4) is 0 Å².